The molecule has 2 aromatic carbocycles. The van der Waals surface area contributed by atoms with E-state index in [1.807, 2.05) is 26.8 Å². The topological polar surface area (TPSA) is 132 Å². The molecule has 0 unspecified atom stereocenters. The molecule has 0 bridgehead atoms. The van der Waals surface area contributed by atoms with E-state index in [9.17, 15) is 14.4 Å². The normalized spacial score (nSPS) is 10.6. The van der Waals surface area contributed by atoms with Gasteiger partial charge in [0.2, 0.25) is 11.7 Å². The number of aromatic amines is 1. The van der Waals surface area contributed by atoms with E-state index < -0.39 is 5.91 Å². The highest BCUT2D eigenvalue weighted by Crippen LogP contribution is 2.39. The number of hydrazine groups is 1. The van der Waals surface area contributed by atoms with Crippen molar-refractivity contribution >= 4 is 22.7 Å². The smallest absolute Gasteiger partial charge is 0.269 e. The predicted molar refractivity (Wildman–Crippen MR) is 131 cm³/mol. The lowest BCUT2D eigenvalue weighted by Gasteiger charge is -2.17. The van der Waals surface area contributed by atoms with Crippen LogP contribution in [-0.2, 0) is 11.2 Å². The highest BCUT2D eigenvalue weighted by atomic mass is 16.5. The molecule has 0 aliphatic heterocycles. The highest BCUT2D eigenvalue weighted by molar-refractivity contribution is 5.96. The Bertz CT molecular complexity index is 1210. The maximum absolute atomic E-state index is 12.7. The lowest BCUT2D eigenvalue weighted by atomic mass is 10.1. The van der Waals surface area contributed by atoms with E-state index in [-0.39, 0.29) is 23.5 Å². The van der Waals surface area contributed by atoms with Crippen LogP contribution in [-0.4, -0.2) is 41.6 Å². The molecule has 3 rings (SSSR count). The predicted octanol–water partition coefficient (Wildman–Crippen LogP) is 2.90. The molecule has 0 saturated heterocycles. The first kappa shape index (κ1) is 25.5. The minimum Gasteiger partial charge on any atom is -0.490 e. The third kappa shape index (κ3) is 6.72. The fraction of sp³-hybridized carbons (Fsp3) is 0.360. The number of hydrogen-bond acceptors (Lipinski definition) is 7. The van der Waals surface area contributed by atoms with Crippen molar-refractivity contribution in [3.05, 3.63) is 58.1 Å². The minimum atomic E-state index is -0.524. The average molecular weight is 483 g/mol. The van der Waals surface area contributed by atoms with Gasteiger partial charge in [-0.1, -0.05) is 12.1 Å². The Hall–Kier alpha value is -4.08. The molecule has 1 heterocycles. The molecule has 0 aliphatic rings. The maximum Gasteiger partial charge on any atom is 0.269 e. The lowest BCUT2D eigenvalue weighted by Crippen LogP contribution is -2.41. The molecule has 2 amide bonds. The van der Waals surface area contributed by atoms with E-state index in [0.717, 1.165) is 0 Å². The molecule has 0 atom stereocenters. The van der Waals surface area contributed by atoms with Gasteiger partial charge in [0.1, 0.15) is 5.82 Å². The van der Waals surface area contributed by atoms with E-state index >= 15 is 0 Å². The summed E-state index contributed by atoms with van der Waals surface area (Å²) in [6, 6.07) is 10.2. The number of carbonyl (C=O) groups is 2. The van der Waals surface area contributed by atoms with Gasteiger partial charge in [0.05, 0.1) is 30.7 Å². The molecule has 35 heavy (non-hydrogen) atoms. The zero-order chi connectivity index (χ0) is 25.2. The molecule has 3 aromatic rings. The molecule has 0 radical (unpaired) electrons. The zero-order valence-electron chi connectivity index (χ0n) is 20.1. The number of benzene rings is 2. The number of hydrogen-bond donors (Lipinski definition) is 3. The number of H-pyrrole nitrogens is 1. The van der Waals surface area contributed by atoms with E-state index in [0.29, 0.717) is 66.6 Å². The first-order valence-electron chi connectivity index (χ1n) is 11.6. The highest BCUT2D eigenvalue weighted by Gasteiger charge is 2.18. The van der Waals surface area contributed by atoms with Crippen LogP contribution in [0, 0.1) is 0 Å². The molecule has 3 N–H and O–H groups in total. The van der Waals surface area contributed by atoms with Crippen molar-refractivity contribution in [3.8, 4) is 17.2 Å². The Kier molecular flexibility index (Phi) is 9.05. The maximum atomic E-state index is 12.7. The largest absolute Gasteiger partial charge is 0.490 e. The van der Waals surface area contributed by atoms with E-state index in [1.165, 1.54) is 0 Å². The van der Waals surface area contributed by atoms with Crippen LogP contribution < -0.4 is 30.6 Å². The van der Waals surface area contributed by atoms with Gasteiger partial charge in [-0.05, 0) is 51.5 Å². The van der Waals surface area contributed by atoms with Crippen LogP contribution >= 0.6 is 0 Å². The van der Waals surface area contributed by atoms with Crippen molar-refractivity contribution in [3.63, 3.8) is 0 Å². The standard InChI is InChI=1S/C25H30N4O6/c1-4-33-19-14-16(15-20(34-5-2)23(19)35-6-3)24(31)29-28-22(30)13-9-12-21-26-18-11-8-7-10-17(18)25(32)27-21/h7-8,10-11,14-15H,4-6,9,12-13H2,1-3H3,(H,28,30)(H,29,31)(H,26,27,32). The van der Waals surface area contributed by atoms with Crippen LogP contribution in [0.3, 0.4) is 0 Å². The number of rotatable bonds is 11. The van der Waals surface area contributed by atoms with Gasteiger partial charge in [-0.15, -0.1) is 0 Å². The van der Waals surface area contributed by atoms with E-state index in [4.69, 9.17) is 14.2 Å². The second-order valence-electron chi connectivity index (χ2n) is 7.49. The van der Waals surface area contributed by atoms with Gasteiger partial charge in [0.25, 0.3) is 11.5 Å². The summed E-state index contributed by atoms with van der Waals surface area (Å²) in [7, 11) is 0. The van der Waals surface area contributed by atoms with Crippen LogP contribution in [0.2, 0.25) is 0 Å². The zero-order valence-corrected chi connectivity index (χ0v) is 20.1. The number of ether oxygens (including phenoxy) is 3. The fourth-order valence-electron chi connectivity index (χ4n) is 3.45. The number of nitrogens with zero attached hydrogens (tertiary/aromatic N) is 1. The summed E-state index contributed by atoms with van der Waals surface area (Å²) in [6.07, 6.45) is 0.985. The van der Waals surface area contributed by atoms with Crippen molar-refractivity contribution < 1.29 is 23.8 Å². The van der Waals surface area contributed by atoms with Crippen molar-refractivity contribution in [1.82, 2.24) is 20.8 Å². The summed E-state index contributed by atoms with van der Waals surface area (Å²) in [5.41, 5.74) is 5.46. The number of aryl methyl sites for hydroxylation is 1. The minimum absolute atomic E-state index is 0.133. The molecule has 0 fully saturated rings. The summed E-state index contributed by atoms with van der Waals surface area (Å²) in [5, 5.41) is 0.519. The first-order valence-corrected chi connectivity index (χ1v) is 11.6. The van der Waals surface area contributed by atoms with Gasteiger partial charge >= 0.3 is 0 Å². The SMILES string of the molecule is CCOc1cc(C(=O)NNC(=O)CCCc2nc3ccccc3c(=O)[nH]2)cc(OCC)c1OCC. The van der Waals surface area contributed by atoms with Crippen molar-refractivity contribution in [2.45, 2.75) is 40.0 Å². The Morgan fingerprint density at radius 3 is 2.26 bits per heavy atom. The molecule has 1 aromatic heterocycles. The summed E-state index contributed by atoms with van der Waals surface area (Å²) < 4.78 is 16.9. The molecule has 0 aliphatic carbocycles. The average Bonchev–Trinajstić information content (AvgIpc) is 2.84. The third-order valence-electron chi connectivity index (χ3n) is 4.97. The molecule has 0 saturated carbocycles. The van der Waals surface area contributed by atoms with Crippen LogP contribution in [0.1, 0.15) is 49.8 Å². The second kappa shape index (κ2) is 12.4. The van der Waals surface area contributed by atoms with Crippen LogP contribution in [0.15, 0.2) is 41.2 Å². The molecule has 10 nitrogen and oxygen atoms in total. The number of carbonyl (C=O) groups excluding carboxylic acids is 2. The second-order valence-corrected chi connectivity index (χ2v) is 7.49. The van der Waals surface area contributed by atoms with Crippen LogP contribution in [0.5, 0.6) is 17.2 Å². The van der Waals surface area contributed by atoms with Crippen molar-refractivity contribution in [2.24, 2.45) is 0 Å². The van der Waals surface area contributed by atoms with Crippen LogP contribution in [0.25, 0.3) is 10.9 Å². The lowest BCUT2D eigenvalue weighted by molar-refractivity contribution is -0.121. The number of para-hydroxylation sites is 1. The Morgan fingerprint density at radius 2 is 1.60 bits per heavy atom. The number of amides is 2. The fourth-order valence-corrected chi connectivity index (χ4v) is 3.45. The van der Waals surface area contributed by atoms with Gasteiger partial charge in [0, 0.05) is 18.4 Å². The van der Waals surface area contributed by atoms with Gasteiger partial charge in [0.15, 0.2) is 11.5 Å². The summed E-state index contributed by atoms with van der Waals surface area (Å²) in [4.78, 5) is 44.2. The van der Waals surface area contributed by atoms with Crippen molar-refractivity contribution in [2.75, 3.05) is 19.8 Å². The van der Waals surface area contributed by atoms with E-state index in [1.54, 1.807) is 30.3 Å². The molecule has 0 spiro atoms. The molecular formula is C25H30N4O6. The van der Waals surface area contributed by atoms with Gasteiger partial charge in [-0.25, -0.2) is 4.98 Å². The Labute approximate surface area is 203 Å². The number of fused-ring (bicyclic) bond motifs is 1. The van der Waals surface area contributed by atoms with Crippen molar-refractivity contribution in [1.29, 1.82) is 0 Å². The Balaban J connectivity index is 1.58. The molecular weight excluding hydrogens is 452 g/mol. The molecule has 186 valence electrons. The summed E-state index contributed by atoms with van der Waals surface area (Å²) >= 11 is 0. The number of nitrogens with one attached hydrogen (secondary N) is 3. The third-order valence-corrected chi connectivity index (χ3v) is 4.97. The molecule has 10 heteroatoms. The first-order chi connectivity index (χ1) is 17.0. The van der Waals surface area contributed by atoms with Gasteiger partial charge < -0.3 is 19.2 Å². The van der Waals surface area contributed by atoms with E-state index in [2.05, 4.69) is 20.8 Å². The quantitative estimate of drug-likeness (QED) is 0.358. The summed E-state index contributed by atoms with van der Waals surface area (Å²) in [6.45, 7) is 6.66. The van der Waals surface area contributed by atoms with Gasteiger partial charge in [-0.3, -0.25) is 25.2 Å². The van der Waals surface area contributed by atoms with Gasteiger partial charge in [-0.2, -0.15) is 0 Å². The number of aromatic nitrogens is 2. The summed E-state index contributed by atoms with van der Waals surface area (Å²) in [5.74, 6) is 0.803. The van der Waals surface area contributed by atoms with Crippen LogP contribution in [0.4, 0.5) is 0 Å². The Morgan fingerprint density at radius 1 is 0.943 bits per heavy atom. The monoisotopic (exact) mass is 482 g/mol.